The van der Waals surface area contributed by atoms with Gasteiger partial charge < -0.3 is 47.6 Å². The van der Waals surface area contributed by atoms with Crippen molar-refractivity contribution < 1.29 is 61.9 Å². The molecule has 2 bridgehead atoms. The molecule has 0 unspecified atom stereocenters. The van der Waals surface area contributed by atoms with Gasteiger partial charge in [-0.05, 0) is 125 Å². The maximum absolute atomic E-state index is 14.8. The zero-order valence-corrected chi connectivity index (χ0v) is 49.6. The Hall–Kier alpha value is -2.86. The number of ketones is 2. The van der Waals surface area contributed by atoms with Gasteiger partial charge in [-0.2, -0.15) is 0 Å². The highest BCUT2D eigenvalue weighted by Gasteiger charge is 2.53. The molecule has 0 aromatic heterocycles. The maximum atomic E-state index is 14.8. The molecule has 0 spiro atoms. The molecule has 2 saturated heterocycles. The number of ether oxygens (including phenoxy) is 7. The first-order chi connectivity index (χ1) is 34.8. The summed E-state index contributed by atoms with van der Waals surface area (Å²) in [7, 11) is 6.09. The molecule has 4 rings (SSSR count). The molecule has 3 heterocycles. The molecule has 1 saturated carbocycles. The van der Waals surface area contributed by atoms with Crippen LogP contribution in [0.15, 0.2) is 47.6 Å². The minimum absolute atomic E-state index is 0.00288. The molecule has 1 N–H and O–H groups in total. The molecule has 1 amide bonds. The van der Waals surface area contributed by atoms with Crippen LogP contribution >= 0.6 is 0 Å². The zero-order valence-electron chi connectivity index (χ0n) is 48.6. The molecule has 74 heavy (non-hydrogen) atoms. The van der Waals surface area contributed by atoms with Crippen LogP contribution in [0.25, 0.3) is 0 Å². The van der Waals surface area contributed by atoms with Gasteiger partial charge in [-0.15, -0.1) is 0 Å². The smallest absolute Gasteiger partial charge is 0.329 e. The lowest BCUT2D eigenvalue weighted by atomic mass is 9.78. The van der Waals surface area contributed by atoms with Gasteiger partial charge >= 0.3 is 5.97 Å². The van der Waals surface area contributed by atoms with Crippen molar-refractivity contribution in [3.63, 3.8) is 0 Å². The summed E-state index contributed by atoms with van der Waals surface area (Å²) in [6.07, 6.45) is 15.4. The predicted octanol–water partition coefficient (Wildman–Crippen LogP) is 10.3. The van der Waals surface area contributed by atoms with E-state index >= 15 is 0 Å². The van der Waals surface area contributed by atoms with E-state index in [-0.39, 0.29) is 59.2 Å². The molecule has 1 aliphatic carbocycles. The Labute approximate surface area is 447 Å². The fraction of sp³-hybridized carbons (Fsp3) is 0.797. The molecular weight excluding hydrogens is 959 g/mol. The standard InChI is InChI=1S/C59H99NO13Si/c1-37-23-19-18-20-24-38(2)48(66-11)35-45-28-26-43(7)59(65,72-45)55(62)56(63)60-30-22-21-25-46(60)57(64)71-50(40(4)33-44-27-29-47(51(34-44)68-13)73-74(16,17)58(8,9)10)36-49(67-12)39(3)32-42(6)53(69-14)54(70-15)52(61)41(5)31-37/h18-20,23-24,32,37,39-41,43-51,53-54,65H,21-22,25-31,33-36H2,1-17H3/b20-18+,23-19+,38-24+,42-32+/t37-,39-,40-,41-,43-,44+,45+,46+,47-,48+,49-,50+,51-,53-,54+,59-/m1/s1. The first-order valence-corrected chi connectivity index (χ1v) is 30.7. The van der Waals surface area contributed by atoms with Crippen molar-refractivity contribution in [1.82, 2.24) is 4.90 Å². The highest BCUT2D eigenvalue weighted by Crippen LogP contribution is 2.42. The summed E-state index contributed by atoms with van der Waals surface area (Å²) in [4.78, 5) is 59.2. The number of hydrogen-bond donors (Lipinski definition) is 1. The van der Waals surface area contributed by atoms with Gasteiger partial charge in [0.05, 0.1) is 30.5 Å². The number of Topliss-reactive ketones (excluding diaryl/α,β-unsaturated/α-hetero) is 2. The van der Waals surface area contributed by atoms with Crippen LogP contribution in [0.4, 0.5) is 0 Å². The van der Waals surface area contributed by atoms with Gasteiger partial charge in [-0.3, -0.25) is 14.4 Å². The summed E-state index contributed by atoms with van der Waals surface area (Å²) in [5.74, 6) is -6.07. The van der Waals surface area contributed by atoms with Crippen LogP contribution in [0.5, 0.6) is 0 Å². The number of carbonyl (C=O) groups is 4. The Morgan fingerprint density at radius 1 is 0.770 bits per heavy atom. The number of cyclic esters (lactones) is 1. The Morgan fingerprint density at radius 2 is 1.45 bits per heavy atom. The second kappa shape index (κ2) is 28.7. The molecule has 0 aromatic rings. The van der Waals surface area contributed by atoms with Gasteiger partial charge in [-0.1, -0.05) is 91.8 Å². The number of piperidine rings is 1. The number of amides is 1. The summed E-state index contributed by atoms with van der Waals surface area (Å²) in [6, 6.07) is -1.05. The van der Waals surface area contributed by atoms with Gasteiger partial charge in [0.15, 0.2) is 14.1 Å². The number of methoxy groups -OCH3 is 5. The third-order valence-corrected chi connectivity index (χ3v) is 21.9. The molecule has 3 aliphatic heterocycles. The third kappa shape index (κ3) is 16.6. The fourth-order valence-electron chi connectivity index (χ4n) is 11.5. The number of esters is 1. The Balaban J connectivity index is 1.74. The molecule has 14 nitrogen and oxygen atoms in total. The van der Waals surface area contributed by atoms with E-state index in [2.05, 4.69) is 59.9 Å². The quantitative estimate of drug-likeness (QED) is 0.0952. The highest BCUT2D eigenvalue weighted by atomic mass is 28.4. The van der Waals surface area contributed by atoms with Crippen LogP contribution in [-0.4, -0.2) is 145 Å². The number of carbonyl (C=O) groups excluding carboxylic acids is 4. The largest absolute Gasteiger partial charge is 0.460 e. The SMILES string of the molecule is CO[C@H]1C[C@@H]2CC[C@@H](C)[C@@](O)(O2)C(=O)C(=O)N2CCCC[C@H]2C(=O)O[C@H]([C@H](C)C[C@@H]2CC[C@@H](O[Si](C)(C)C(C)(C)C)[C@H](OC)C2)C[C@@H](OC)[C@H](C)/C=C(\C)[C@@H](OC)[C@@H](OC)C(=O)[C@H](C)C[C@H](C)/C=C/C=C/C=C/1C. The van der Waals surface area contributed by atoms with Crippen molar-refractivity contribution in [2.45, 2.75) is 225 Å². The summed E-state index contributed by atoms with van der Waals surface area (Å²) in [5.41, 5.74) is 1.72. The van der Waals surface area contributed by atoms with Gasteiger partial charge in [0.2, 0.25) is 5.79 Å². The van der Waals surface area contributed by atoms with Crippen molar-refractivity contribution >= 4 is 31.8 Å². The van der Waals surface area contributed by atoms with Crippen molar-refractivity contribution in [1.29, 1.82) is 0 Å². The van der Waals surface area contributed by atoms with Crippen molar-refractivity contribution in [3.8, 4) is 0 Å². The lowest BCUT2D eigenvalue weighted by Gasteiger charge is -2.44. The molecule has 3 fully saturated rings. The number of allylic oxidation sites excluding steroid dienone is 5. The van der Waals surface area contributed by atoms with Gasteiger partial charge in [0.1, 0.15) is 24.4 Å². The van der Waals surface area contributed by atoms with Crippen LogP contribution in [0.3, 0.4) is 0 Å². The van der Waals surface area contributed by atoms with Gasteiger partial charge in [0, 0.05) is 72.7 Å². The van der Waals surface area contributed by atoms with Gasteiger partial charge in [0.25, 0.3) is 11.7 Å². The van der Waals surface area contributed by atoms with E-state index < -0.39 is 80.3 Å². The summed E-state index contributed by atoms with van der Waals surface area (Å²) in [6.45, 7) is 25.2. The third-order valence-electron chi connectivity index (χ3n) is 17.4. The monoisotopic (exact) mass is 1060 g/mol. The van der Waals surface area contributed by atoms with E-state index in [1.165, 1.54) is 4.90 Å². The molecule has 422 valence electrons. The molecule has 15 heteroatoms. The van der Waals surface area contributed by atoms with Crippen LogP contribution in [0, 0.1) is 35.5 Å². The minimum atomic E-state index is -2.39. The average molecular weight is 1060 g/mol. The molecule has 4 aliphatic rings. The van der Waals surface area contributed by atoms with Crippen LogP contribution in [0.2, 0.25) is 18.1 Å². The number of hydrogen-bond acceptors (Lipinski definition) is 13. The highest BCUT2D eigenvalue weighted by molar-refractivity contribution is 6.74. The molecule has 0 aromatic carbocycles. The van der Waals surface area contributed by atoms with Crippen molar-refractivity contribution in [2.75, 3.05) is 42.1 Å². The first kappa shape index (κ1) is 63.7. The van der Waals surface area contributed by atoms with Crippen molar-refractivity contribution in [2.24, 2.45) is 35.5 Å². The number of aliphatic hydroxyl groups is 1. The molecule has 0 radical (unpaired) electrons. The first-order valence-electron chi connectivity index (χ1n) is 27.8. The fourth-order valence-corrected chi connectivity index (χ4v) is 12.9. The van der Waals surface area contributed by atoms with E-state index in [1.54, 1.807) is 42.5 Å². The van der Waals surface area contributed by atoms with Crippen LogP contribution in [0.1, 0.15) is 146 Å². The van der Waals surface area contributed by atoms with E-state index in [0.717, 1.165) is 36.8 Å². The molecular formula is C59H99NO13Si. The number of fused-ring (bicyclic) bond motifs is 3. The van der Waals surface area contributed by atoms with Crippen molar-refractivity contribution in [3.05, 3.63) is 47.6 Å². The maximum Gasteiger partial charge on any atom is 0.329 e. The lowest BCUT2D eigenvalue weighted by Crippen LogP contribution is -2.61. The normalized spacial score (nSPS) is 38.4. The van der Waals surface area contributed by atoms with E-state index in [9.17, 15) is 24.3 Å². The Bertz CT molecular complexity index is 1960. The summed E-state index contributed by atoms with van der Waals surface area (Å²) in [5, 5.41) is 12.2. The minimum Gasteiger partial charge on any atom is -0.460 e. The topological polar surface area (TPSA) is 166 Å². The second-order valence-electron chi connectivity index (χ2n) is 24.1. The Morgan fingerprint density at radius 3 is 2.07 bits per heavy atom. The number of nitrogens with zero attached hydrogens (tertiary/aromatic N) is 1. The van der Waals surface area contributed by atoms with Crippen LogP contribution < -0.4 is 0 Å². The second-order valence-corrected chi connectivity index (χ2v) is 28.8. The predicted molar refractivity (Wildman–Crippen MR) is 292 cm³/mol. The van der Waals surface area contributed by atoms with E-state index in [4.69, 9.17) is 37.6 Å². The van der Waals surface area contributed by atoms with E-state index in [0.29, 0.717) is 51.4 Å². The lowest BCUT2D eigenvalue weighted by molar-refractivity contribution is -0.265. The van der Waals surface area contributed by atoms with Gasteiger partial charge in [-0.25, -0.2) is 4.79 Å². The van der Waals surface area contributed by atoms with E-state index in [1.807, 2.05) is 52.0 Å². The number of rotatable bonds is 10. The van der Waals surface area contributed by atoms with Crippen LogP contribution in [-0.2, 0) is 56.8 Å². The average Bonchev–Trinajstić information content (AvgIpc) is 3.35. The Kier molecular flexibility index (Phi) is 24.7. The summed E-state index contributed by atoms with van der Waals surface area (Å²) >= 11 is 0. The molecule has 16 atom stereocenters. The zero-order chi connectivity index (χ0) is 55.3. The summed E-state index contributed by atoms with van der Waals surface area (Å²) < 4.78 is 50.0.